The number of carboxylic acid groups (broad SMARTS) is 1. The Labute approximate surface area is 149 Å². The van der Waals surface area contributed by atoms with Crippen LogP contribution >= 0.6 is 0 Å². The number of hydrogen-bond acceptors (Lipinski definition) is 4. The Kier molecular flexibility index (Phi) is 6.13. The molecule has 6 nitrogen and oxygen atoms in total. The number of pyridine rings is 1. The number of amides is 1. The molecular formula is C19H28N2O4. The minimum Gasteiger partial charge on any atom is -0.490 e. The molecule has 0 aromatic carbocycles. The maximum Gasteiger partial charge on any atom is 0.407 e. The van der Waals surface area contributed by atoms with E-state index in [1.54, 1.807) is 6.20 Å². The van der Waals surface area contributed by atoms with E-state index >= 15 is 0 Å². The van der Waals surface area contributed by atoms with E-state index in [-0.39, 0.29) is 18.3 Å². The van der Waals surface area contributed by atoms with Gasteiger partial charge in [0.2, 0.25) is 0 Å². The first-order valence-corrected chi connectivity index (χ1v) is 9.38. The van der Waals surface area contributed by atoms with Crippen LogP contribution in [0.2, 0.25) is 0 Å². The van der Waals surface area contributed by atoms with Crippen molar-refractivity contribution in [2.24, 2.45) is 0 Å². The van der Waals surface area contributed by atoms with E-state index in [4.69, 9.17) is 14.6 Å². The van der Waals surface area contributed by atoms with Crippen LogP contribution in [0.3, 0.4) is 0 Å². The molecule has 1 aromatic rings. The van der Waals surface area contributed by atoms with Crippen molar-refractivity contribution in [2.45, 2.75) is 70.2 Å². The van der Waals surface area contributed by atoms with Gasteiger partial charge in [-0.15, -0.1) is 0 Å². The molecule has 1 saturated carbocycles. The lowest BCUT2D eigenvalue weighted by atomic mass is 9.94. The summed E-state index contributed by atoms with van der Waals surface area (Å²) in [5.74, 6) is 0.961. The molecule has 2 fully saturated rings. The standard InChI is InChI=1S/C19H28N2O4/c1-2-14-13-20-10-7-18(14)25-16-5-3-15(4-6-16)24-17-8-11-21(12-9-17)19(22)23/h7,10,13,15-17H,2-6,8-9,11-12H2,1H3,(H,22,23). The van der Waals surface area contributed by atoms with Crippen molar-refractivity contribution in [1.29, 1.82) is 0 Å². The number of rotatable bonds is 5. The second kappa shape index (κ2) is 8.52. The summed E-state index contributed by atoms with van der Waals surface area (Å²) >= 11 is 0. The summed E-state index contributed by atoms with van der Waals surface area (Å²) < 4.78 is 12.4. The molecule has 0 atom stereocenters. The summed E-state index contributed by atoms with van der Waals surface area (Å²) in [5.41, 5.74) is 1.16. The van der Waals surface area contributed by atoms with E-state index in [0.29, 0.717) is 13.1 Å². The van der Waals surface area contributed by atoms with Gasteiger partial charge in [0.25, 0.3) is 0 Å². The number of hydrogen-bond donors (Lipinski definition) is 1. The number of aromatic nitrogens is 1. The minimum absolute atomic E-state index is 0.199. The number of nitrogens with zero attached hydrogens (tertiary/aromatic N) is 2. The molecule has 3 rings (SSSR count). The second-order valence-electron chi connectivity index (χ2n) is 6.96. The van der Waals surface area contributed by atoms with Gasteiger partial charge in [0.05, 0.1) is 18.3 Å². The molecule has 1 aromatic heterocycles. The molecule has 2 aliphatic rings. The average Bonchev–Trinajstić information content (AvgIpc) is 2.64. The predicted molar refractivity (Wildman–Crippen MR) is 94.0 cm³/mol. The highest BCUT2D eigenvalue weighted by Crippen LogP contribution is 2.29. The van der Waals surface area contributed by atoms with Crippen molar-refractivity contribution in [3.8, 4) is 5.75 Å². The van der Waals surface area contributed by atoms with Gasteiger partial charge in [0.1, 0.15) is 5.75 Å². The monoisotopic (exact) mass is 348 g/mol. The van der Waals surface area contributed by atoms with Crippen molar-refractivity contribution >= 4 is 6.09 Å². The van der Waals surface area contributed by atoms with Crippen LogP contribution in [0.5, 0.6) is 5.75 Å². The number of likely N-dealkylation sites (tertiary alicyclic amines) is 1. The van der Waals surface area contributed by atoms with E-state index in [1.807, 2.05) is 12.3 Å². The maximum atomic E-state index is 11.0. The quantitative estimate of drug-likeness (QED) is 0.882. The molecule has 0 unspecified atom stereocenters. The first-order chi connectivity index (χ1) is 12.2. The lowest BCUT2D eigenvalue weighted by Gasteiger charge is -2.35. The van der Waals surface area contributed by atoms with E-state index in [2.05, 4.69) is 11.9 Å². The Bertz CT molecular complexity index is 564. The summed E-state index contributed by atoms with van der Waals surface area (Å²) in [4.78, 5) is 16.6. The molecule has 0 radical (unpaired) electrons. The summed E-state index contributed by atoms with van der Waals surface area (Å²) in [6.45, 7) is 3.28. The third kappa shape index (κ3) is 4.84. The van der Waals surface area contributed by atoms with E-state index in [9.17, 15) is 4.79 Å². The van der Waals surface area contributed by atoms with E-state index in [0.717, 1.165) is 56.3 Å². The number of aryl methyl sites for hydroxylation is 1. The van der Waals surface area contributed by atoms with Crippen LogP contribution in [-0.2, 0) is 11.2 Å². The SMILES string of the molecule is CCc1cnccc1OC1CCC(OC2CCN(C(=O)O)CC2)CC1. The molecule has 0 bridgehead atoms. The van der Waals surface area contributed by atoms with Gasteiger partial charge in [-0.25, -0.2) is 4.79 Å². The van der Waals surface area contributed by atoms with Crippen molar-refractivity contribution in [3.63, 3.8) is 0 Å². The summed E-state index contributed by atoms with van der Waals surface area (Å²) in [6, 6.07) is 1.96. The van der Waals surface area contributed by atoms with Gasteiger partial charge in [-0.2, -0.15) is 0 Å². The predicted octanol–water partition coefficient (Wildman–Crippen LogP) is 3.49. The zero-order valence-electron chi connectivity index (χ0n) is 14.9. The van der Waals surface area contributed by atoms with Crippen molar-refractivity contribution in [2.75, 3.05) is 13.1 Å². The molecule has 1 N–H and O–H groups in total. The number of piperidine rings is 1. The molecule has 2 heterocycles. The lowest BCUT2D eigenvalue weighted by molar-refractivity contribution is -0.0641. The minimum atomic E-state index is -0.821. The number of carbonyl (C=O) groups is 1. The van der Waals surface area contributed by atoms with Crippen LogP contribution < -0.4 is 4.74 Å². The van der Waals surface area contributed by atoms with Crippen LogP contribution in [0, 0.1) is 0 Å². The fourth-order valence-corrected chi connectivity index (χ4v) is 3.72. The molecule has 1 saturated heterocycles. The van der Waals surface area contributed by atoms with Crippen LogP contribution in [0.25, 0.3) is 0 Å². The van der Waals surface area contributed by atoms with Crippen LogP contribution in [-0.4, -0.2) is 52.5 Å². The largest absolute Gasteiger partial charge is 0.490 e. The maximum absolute atomic E-state index is 11.0. The fourth-order valence-electron chi connectivity index (χ4n) is 3.72. The zero-order valence-corrected chi connectivity index (χ0v) is 14.9. The molecule has 138 valence electrons. The van der Waals surface area contributed by atoms with Crippen molar-refractivity contribution in [3.05, 3.63) is 24.0 Å². The topological polar surface area (TPSA) is 71.9 Å². The van der Waals surface area contributed by atoms with Gasteiger partial charge < -0.3 is 19.5 Å². The fraction of sp³-hybridized carbons (Fsp3) is 0.684. The second-order valence-corrected chi connectivity index (χ2v) is 6.96. The Hall–Kier alpha value is -1.82. The highest BCUT2D eigenvalue weighted by molar-refractivity contribution is 5.65. The van der Waals surface area contributed by atoms with Crippen LogP contribution in [0.15, 0.2) is 18.5 Å². The van der Waals surface area contributed by atoms with Gasteiger partial charge >= 0.3 is 6.09 Å². The zero-order chi connectivity index (χ0) is 17.6. The molecule has 6 heteroatoms. The van der Waals surface area contributed by atoms with Crippen molar-refractivity contribution < 1.29 is 19.4 Å². The summed E-state index contributed by atoms with van der Waals surface area (Å²) in [5, 5.41) is 9.00. The molecule has 1 aliphatic heterocycles. The average molecular weight is 348 g/mol. The Morgan fingerprint density at radius 3 is 2.44 bits per heavy atom. The number of ether oxygens (including phenoxy) is 2. The Balaban J connectivity index is 1.41. The smallest absolute Gasteiger partial charge is 0.407 e. The van der Waals surface area contributed by atoms with Crippen LogP contribution in [0.1, 0.15) is 51.0 Å². The Morgan fingerprint density at radius 2 is 1.80 bits per heavy atom. The first kappa shape index (κ1) is 18.0. The molecule has 0 spiro atoms. The van der Waals surface area contributed by atoms with Crippen molar-refractivity contribution in [1.82, 2.24) is 9.88 Å². The van der Waals surface area contributed by atoms with Gasteiger partial charge in [-0.05, 0) is 51.0 Å². The van der Waals surface area contributed by atoms with Gasteiger partial charge in [-0.3, -0.25) is 4.98 Å². The van der Waals surface area contributed by atoms with Gasteiger partial charge in [0, 0.05) is 31.0 Å². The highest BCUT2D eigenvalue weighted by Gasteiger charge is 2.28. The third-order valence-electron chi connectivity index (χ3n) is 5.25. The lowest BCUT2D eigenvalue weighted by Crippen LogP contribution is -2.41. The summed E-state index contributed by atoms with van der Waals surface area (Å²) in [6.07, 6.45) is 10.1. The molecule has 1 amide bonds. The molecular weight excluding hydrogens is 320 g/mol. The van der Waals surface area contributed by atoms with Crippen LogP contribution in [0.4, 0.5) is 4.79 Å². The van der Waals surface area contributed by atoms with E-state index < -0.39 is 6.09 Å². The van der Waals surface area contributed by atoms with Gasteiger partial charge in [0.15, 0.2) is 0 Å². The third-order valence-corrected chi connectivity index (χ3v) is 5.25. The van der Waals surface area contributed by atoms with E-state index in [1.165, 1.54) is 4.90 Å². The highest BCUT2D eigenvalue weighted by atomic mass is 16.5. The van der Waals surface area contributed by atoms with Gasteiger partial charge in [-0.1, -0.05) is 6.92 Å². The molecule has 25 heavy (non-hydrogen) atoms. The Morgan fingerprint density at radius 1 is 1.16 bits per heavy atom. The normalized spacial score (nSPS) is 24.9. The summed E-state index contributed by atoms with van der Waals surface area (Å²) in [7, 11) is 0. The molecule has 1 aliphatic carbocycles. The first-order valence-electron chi connectivity index (χ1n) is 9.38.